The number of thiazole rings is 1. The van der Waals surface area contributed by atoms with Crippen LogP contribution in [0.25, 0.3) is 0 Å². The molecular formula is C18H32N2S. The monoisotopic (exact) mass is 308 g/mol. The number of aromatic nitrogens is 1. The van der Waals surface area contributed by atoms with Gasteiger partial charge in [0.2, 0.25) is 0 Å². The van der Waals surface area contributed by atoms with Crippen molar-refractivity contribution in [3.63, 3.8) is 0 Å². The Labute approximate surface area is 134 Å². The summed E-state index contributed by atoms with van der Waals surface area (Å²) >= 11 is 1.98. The van der Waals surface area contributed by atoms with Crippen LogP contribution in [0.1, 0.15) is 87.7 Å². The molecule has 1 aliphatic carbocycles. The molecule has 0 aliphatic heterocycles. The molecule has 0 fully saturated rings. The van der Waals surface area contributed by atoms with Gasteiger partial charge in [0.15, 0.2) is 0 Å². The second-order valence-electron chi connectivity index (χ2n) is 6.62. The number of nitrogens with zero attached hydrogens (tertiary/aromatic N) is 1. The van der Waals surface area contributed by atoms with Gasteiger partial charge in [-0.1, -0.05) is 46.0 Å². The smallest absolute Gasteiger partial charge is 0.113 e. The van der Waals surface area contributed by atoms with E-state index in [0.29, 0.717) is 0 Å². The second-order valence-corrected chi connectivity index (χ2v) is 7.71. The summed E-state index contributed by atoms with van der Waals surface area (Å²) in [6.07, 6.45) is 13.1. The standard InChI is InChI=1S/C18H32N2S/c1-4-6-7-8-11-14-18(3,19-5-2)17-20-15-12-9-10-13-16(15)21-17/h19H,4-14H2,1-3H3. The number of fused-ring (bicyclic) bond motifs is 1. The lowest BCUT2D eigenvalue weighted by Gasteiger charge is -2.28. The minimum atomic E-state index is 0.0863. The van der Waals surface area contributed by atoms with Crippen LogP contribution >= 0.6 is 11.3 Å². The van der Waals surface area contributed by atoms with Gasteiger partial charge in [-0.25, -0.2) is 4.98 Å². The normalized spacial score (nSPS) is 17.5. The van der Waals surface area contributed by atoms with E-state index < -0.39 is 0 Å². The lowest BCUT2D eigenvalue weighted by molar-refractivity contribution is 0.331. The van der Waals surface area contributed by atoms with Crippen molar-refractivity contribution in [1.82, 2.24) is 10.3 Å². The average molecular weight is 309 g/mol. The third kappa shape index (κ3) is 4.53. The van der Waals surface area contributed by atoms with Crippen LogP contribution in [-0.4, -0.2) is 11.5 Å². The molecule has 0 aromatic carbocycles. The Morgan fingerprint density at radius 3 is 2.57 bits per heavy atom. The van der Waals surface area contributed by atoms with Crippen LogP contribution in [0, 0.1) is 0 Å². The molecule has 0 saturated carbocycles. The van der Waals surface area contributed by atoms with E-state index in [9.17, 15) is 0 Å². The summed E-state index contributed by atoms with van der Waals surface area (Å²) in [6.45, 7) is 7.88. The second kappa shape index (κ2) is 8.28. The first-order valence-electron chi connectivity index (χ1n) is 8.93. The first-order valence-corrected chi connectivity index (χ1v) is 9.75. The lowest BCUT2D eigenvalue weighted by atomic mass is 9.94. The van der Waals surface area contributed by atoms with Crippen molar-refractivity contribution in [3.8, 4) is 0 Å². The maximum Gasteiger partial charge on any atom is 0.113 e. The molecule has 1 aromatic rings. The molecule has 0 saturated heterocycles. The third-order valence-corrected chi connectivity index (χ3v) is 6.09. The predicted molar refractivity (Wildman–Crippen MR) is 93.2 cm³/mol. The van der Waals surface area contributed by atoms with Crippen molar-refractivity contribution in [3.05, 3.63) is 15.6 Å². The van der Waals surface area contributed by atoms with E-state index in [4.69, 9.17) is 4.98 Å². The van der Waals surface area contributed by atoms with Crippen molar-refractivity contribution < 1.29 is 0 Å². The van der Waals surface area contributed by atoms with Gasteiger partial charge >= 0.3 is 0 Å². The Hall–Kier alpha value is -0.410. The van der Waals surface area contributed by atoms with E-state index in [-0.39, 0.29) is 5.54 Å². The Morgan fingerprint density at radius 2 is 1.86 bits per heavy atom. The largest absolute Gasteiger partial charge is 0.306 e. The quantitative estimate of drug-likeness (QED) is 0.634. The zero-order chi connectivity index (χ0) is 15.1. The Balaban J connectivity index is 2.00. The number of nitrogens with one attached hydrogen (secondary N) is 1. The number of hydrogen-bond acceptors (Lipinski definition) is 3. The molecule has 2 rings (SSSR count). The zero-order valence-electron chi connectivity index (χ0n) is 14.1. The molecule has 2 nitrogen and oxygen atoms in total. The van der Waals surface area contributed by atoms with Gasteiger partial charge < -0.3 is 5.32 Å². The summed E-state index contributed by atoms with van der Waals surface area (Å²) in [6, 6.07) is 0. The summed E-state index contributed by atoms with van der Waals surface area (Å²) < 4.78 is 0. The van der Waals surface area contributed by atoms with Crippen LogP contribution < -0.4 is 5.32 Å². The van der Waals surface area contributed by atoms with Crippen LogP contribution in [0.15, 0.2) is 0 Å². The van der Waals surface area contributed by atoms with Crippen molar-refractivity contribution >= 4 is 11.3 Å². The van der Waals surface area contributed by atoms with E-state index in [0.717, 1.165) is 6.54 Å². The van der Waals surface area contributed by atoms with Crippen LogP contribution in [0.4, 0.5) is 0 Å². The van der Waals surface area contributed by atoms with Crippen molar-refractivity contribution in [1.29, 1.82) is 0 Å². The van der Waals surface area contributed by atoms with Crippen LogP contribution in [0.3, 0.4) is 0 Å². The molecule has 0 amide bonds. The highest BCUT2D eigenvalue weighted by Crippen LogP contribution is 2.35. The van der Waals surface area contributed by atoms with Gasteiger partial charge in [-0.3, -0.25) is 0 Å². The number of hydrogen-bond donors (Lipinski definition) is 1. The van der Waals surface area contributed by atoms with Crippen LogP contribution in [-0.2, 0) is 18.4 Å². The lowest BCUT2D eigenvalue weighted by Crippen LogP contribution is -2.39. The van der Waals surface area contributed by atoms with E-state index in [1.54, 1.807) is 4.88 Å². The van der Waals surface area contributed by atoms with Crippen LogP contribution in [0.2, 0.25) is 0 Å². The van der Waals surface area contributed by atoms with Crippen molar-refractivity contribution in [2.45, 2.75) is 90.5 Å². The number of aryl methyl sites for hydroxylation is 2. The molecule has 1 N–H and O–H groups in total. The Bertz CT molecular complexity index is 403. The number of unbranched alkanes of at least 4 members (excludes halogenated alkanes) is 4. The SMILES string of the molecule is CCCCCCCC(C)(NCC)c1nc2c(s1)CCCC2. The molecule has 0 radical (unpaired) electrons. The molecule has 0 spiro atoms. The van der Waals surface area contributed by atoms with E-state index in [1.165, 1.54) is 74.9 Å². The molecular weight excluding hydrogens is 276 g/mol. The Morgan fingerprint density at radius 1 is 1.10 bits per heavy atom. The minimum Gasteiger partial charge on any atom is -0.306 e. The van der Waals surface area contributed by atoms with Gasteiger partial charge in [0.25, 0.3) is 0 Å². The average Bonchev–Trinajstić information content (AvgIpc) is 2.92. The van der Waals surface area contributed by atoms with Crippen molar-refractivity contribution in [2.24, 2.45) is 0 Å². The fourth-order valence-corrected chi connectivity index (χ4v) is 4.63. The predicted octanol–water partition coefficient (Wildman–Crippen LogP) is 5.21. The Kier molecular flexibility index (Phi) is 6.69. The van der Waals surface area contributed by atoms with Gasteiger partial charge in [-0.05, 0) is 45.6 Å². The molecule has 3 heteroatoms. The first-order chi connectivity index (χ1) is 10.2. The molecule has 0 bridgehead atoms. The summed E-state index contributed by atoms with van der Waals surface area (Å²) in [5.74, 6) is 0. The van der Waals surface area contributed by atoms with E-state index in [2.05, 4.69) is 26.1 Å². The highest BCUT2D eigenvalue weighted by molar-refractivity contribution is 7.11. The van der Waals surface area contributed by atoms with Gasteiger partial charge in [0.05, 0.1) is 11.2 Å². The molecule has 1 aliphatic rings. The van der Waals surface area contributed by atoms with Gasteiger partial charge in [0, 0.05) is 4.88 Å². The molecule has 21 heavy (non-hydrogen) atoms. The molecule has 1 atom stereocenters. The molecule has 1 heterocycles. The van der Waals surface area contributed by atoms with E-state index in [1.807, 2.05) is 11.3 Å². The van der Waals surface area contributed by atoms with Gasteiger partial charge in [0.1, 0.15) is 5.01 Å². The summed E-state index contributed by atoms with van der Waals surface area (Å²) in [5.41, 5.74) is 1.49. The number of rotatable bonds is 9. The zero-order valence-corrected chi connectivity index (χ0v) is 15.0. The fraction of sp³-hybridized carbons (Fsp3) is 0.833. The van der Waals surface area contributed by atoms with Gasteiger partial charge in [-0.15, -0.1) is 11.3 Å². The third-order valence-electron chi connectivity index (χ3n) is 4.66. The summed E-state index contributed by atoms with van der Waals surface area (Å²) in [7, 11) is 0. The van der Waals surface area contributed by atoms with E-state index >= 15 is 0 Å². The topological polar surface area (TPSA) is 24.9 Å². The van der Waals surface area contributed by atoms with Crippen LogP contribution in [0.5, 0.6) is 0 Å². The van der Waals surface area contributed by atoms with Gasteiger partial charge in [-0.2, -0.15) is 0 Å². The summed E-state index contributed by atoms with van der Waals surface area (Å²) in [5, 5.41) is 5.06. The maximum atomic E-state index is 5.01. The fourth-order valence-electron chi connectivity index (χ4n) is 3.33. The molecule has 1 aromatic heterocycles. The minimum absolute atomic E-state index is 0.0863. The highest BCUT2D eigenvalue weighted by Gasteiger charge is 2.30. The summed E-state index contributed by atoms with van der Waals surface area (Å²) in [4.78, 5) is 6.57. The van der Waals surface area contributed by atoms with Crippen molar-refractivity contribution in [2.75, 3.05) is 6.54 Å². The maximum absolute atomic E-state index is 5.01. The highest BCUT2D eigenvalue weighted by atomic mass is 32.1. The first kappa shape index (κ1) is 17.0. The molecule has 120 valence electrons. The molecule has 1 unspecified atom stereocenters.